The van der Waals surface area contributed by atoms with Crippen LogP contribution in [0.5, 0.6) is 0 Å². The molecule has 0 aromatic carbocycles. The molecule has 3 aliphatic rings. The maximum absolute atomic E-state index is 5.91. The van der Waals surface area contributed by atoms with Gasteiger partial charge in [0.25, 0.3) is 0 Å². The van der Waals surface area contributed by atoms with Crippen LogP contribution in [0, 0.1) is 18.8 Å². The highest BCUT2D eigenvalue weighted by Gasteiger charge is 2.58. The van der Waals surface area contributed by atoms with Crippen molar-refractivity contribution in [3.05, 3.63) is 29.8 Å². The number of rotatable bonds is 4. The first kappa shape index (κ1) is 19.1. The van der Waals surface area contributed by atoms with E-state index in [-0.39, 0.29) is 0 Å². The Labute approximate surface area is 173 Å². The number of hydrogen-bond donors (Lipinski definition) is 1. The Kier molecular flexibility index (Phi) is 4.67. The molecule has 3 heterocycles. The summed E-state index contributed by atoms with van der Waals surface area (Å²) in [5, 5.41) is 0. The zero-order valence-electron chi connectivity index (χ0n) is 18.0. The van der Waals surface area contributed by atoms with E-state index in [2.05, 4.69) is 47.5 Å². The van der Waals surface area contributed by atoms with Crippen molar-refractivity contribution in [2.45, 2.75) is 64.6 Å². The monoisotopic (exact) mass is 395 g/mol. The van der Waals surface area contributed by atoms with Crippen molar-refractivity contribution >= 4 is 5.82 Å². The van der Waals surface area contributed by atoms with Crippen LogP contribution in [0.2, 0.25) is 0 Å². The standard InChI is InChI=1S/C23H33N5O/c1-13(2)23-26-20(16-7-14(3)22(24)25-10-16)11-28(23)21-18-8-17(9-19(18)21)27-5-6-29-12-15(27)4/h7,10-11,13,15,17-19,21H,5-6,8-9,12H2,1-4H3,(H2,24,25)/t15-,17?,18-,19+,21+/m0/s1. The summed E-state index contributed by atoms with van der Waals surface area (Å²) >= 11 is 0. The zero-order chi connectivity index (χ0) is 20.3. The van der Waals surface area contributed by atoms with Crippen LogP contribution in [0.3, 0.4) is 0 Å². The normalized spacial score (nSPS) is 32.0. The molecule has 2 aromatic heterocycles. The third kappa shape index (κ3) is 3.26. The van der Waals surface area contributed by atoms with E-state index in [0.29, 0.717) is 23.8 Å². The molecule has 2 N–H and O–H groups in total. The summed E-state index contributed by atoms with van der Waals surface area (Å²) in [6.45, 7) is 11.7. The van der Waals surface area contributed by atoms with Crippen LogP contribution >= 0.6 is 0 Å². The Balaban J connectivity index is 1.36. The number of nitrogen functional groups attached to an aromatic ring is 1. The zero-order valence-corrected chi connectivity index (χ0v) is 18.0. The number of pyridine rings is 1. The number of aromatic nitrogens is 3. The number of fused-ring (bicyclic) bond motifs is 1. The minimum atomic E-state index is 0.406. The van der Waals surface area contributed by atoms with Crippen LogP contribution in [-0.2, 0) is 4.74 Å². The highest BCUT2D eigenvalue weighted by molar-refractivity contribution is 5.61. The molecule has 1 saturated heterocycles. The van der Waals surface area contributed by atoms with E-state index >= 15 is 0 Å². The van der Waals surface area contributed by atoms with Gasteiger partial charge in [0.2, 0.25) is 0 Å². The molecule has 5 rings (SSSR count). The number of ether oxygens (including phenoxy) is 1. The van der Waals surface area contributed by atoms with Crippen LogP contribution in [0.1, 0.15) is 57.0 Å². The molecule has 29 heavy (non-hydrogen) atoms. The van der Waals surface area contributed by atoms with Crippen molar-refractivity contribution in [3.8, 4) is 11.3 Å². The lowest BCUT2D eigenvalue weighted by Gasteiger charge is -2.38. The van der Waals surface area contributed by atoms with Crippen LogP contribution in [0.25, 0.3) is 11.3 Å². The Morgan fingerprint density at radius 1 is 1.24 bits per heavy atom. The first-order valence-corrected chi connectivity index (χ1v) is 11.1. The van der Waals surface area contributed by atoms with Crippen molar-refractivity contribution in [2.75, 3.05) is 25.5 Å². The van der Waals surface area contributed by atoms with Crippen LogP contribution in [0.15, 0.2) is 18.5 Å². The molecule has 2 aliphatic carbocycles. The van der Waals surface area contributed by atoms with Crippen LogP contribution in [0.4, 0.5) is 5.82 Å². The van der Waals surface area contributed by atoms with Gasteiger partial charge in [0.05, 0.1) is 18.9 Å². The fourth-order valence-electron chi connectivity index (χ4n) is 5.68. The van der Waals surface area contributed by atoms with Gasteiger partial charge in [0.1, 0.15) is 11.6 Å². The predicted octanol–water partition coefficient (Wildman–Crippen LogP) is 3.63. The smallest absolute Gasteiger partial charge is 0.126 e. The molecule has 1 unspecified atom stereocenters. The van der Waals surface area contributed by atoms with Crippen LogP contribution < -0.4 is 5.73 Å². The molecule has 0 bridgehead atoms. The lowest BCUT2D eigenvalue weighted by molar-refractivity contribution is -0.0236. The van der Waals surface area contributed by atoms with Crippen molar-refractivity contribution in [3.63, 3.8) is 0 Å². The first-order chi connectivity index (χ1) is 13.9. The molecule has 156 valence electrons. The fourth-order valence-corrected chi connectivity index (χ4v) is 5.68. The summed E-state index contributed by atoms with van der Waals surface area (Å²) in [6, 6.07) is 4.00. The first-order valence-electron chi connectivity index (χ1n) is 11.1. The van der Waals surface area contributed by atoms with Gasteiger partial charge in [-0.25, -0.2) is 9.97 Å². The Morgan fingerprint density at radius 2 is 2.00 bits per heavy atom. The average molecular weight is 396 g/mol. The van der Waals surface area contributed by atoms with E-state index < -0.39 is 0 Å². The molecule has 0 amide bonds. The number of nitrogens with zero attached hydrogens (tertiary/aromatic N) is 4. The molecular formula is C23H33N5O. The number of hydrogen-bond acceptors (Lipinski definition) is 5. The molecule has 0 spiro atoms. The maximum atomic E-state index is 5.91. The van der Waals surface area contributed by atoms with Gasteiger partial charge in [-0.2, -0.15) is 0 Å². The summed E-state index contributed by atoms with van der Waals surface area (Å²) in [5.74, 6) is 3.78. The van der Waals surface area contributed by atoms with Gasteiger partial charge < -0.3 is 15.0 Å². The number of morpholine rings is 1. The van der Waals surface area contributed by atoms with E-state index in [4.69, 9.17) is 15.5 Å². The van der Waals surface area contributed by atoms with Crippen molar-refractivity contribution in [2.24, 2.45) is 11.8 Å². The van der Waals surface area contributed by atoms with Crippen molar-refractivity contribution < 1.29 is 4.74 Å². The molecule has 0 radical (unpaired) electrons. The minimum absolute atomic E-state index is 0.406. The second-order valence-corrected chi connectivity index (χ2v) is 9.58. The topological polar surface area (TPSA) is 69.2 Å². The Morgan fingerprint density at radius 3 is 2.66 bits per heavy atom. The third-order valence-electron chi connectivity index (χ3n) is 7.28. The molecule has 6 heteroatoms. The van der Waals surface area contributed by atoms with Crippen molar-refractivity contribution in [1.29, 1.82) is 0 Å². The number of anilines is 1. The second-order valence-electron chi connectivity index (χ2n) is 9.58. The van der Waals surface area contributed by atoms with Gasteiger partial charge >= 0.3 is 0 Å². The molecule has 6 nitrogen and oxygen atoms in total. The Bertz CT molecular complexity index is 895. The second kappa shape index (κ2) is 7.10. The highest BCUT2D eigenvalue weighted by Crippen LogP contribution is 2.62. The lowest BCUT2D eigenvalue weighted by atomic mass is 10.1. The van der Waals surface area contributed by atoms with E-state index in [1.807, 2.05) is 13.1 Å². The molecule has 2 saturated carbocycles. The number of imidazole rings is 1. The lowest BCUT2D eigenvalue weighted by Crippen LogP contribution is -2.49. The highest BCUT2D eigenvalue weighted by atomic mass is 16.5. The average Bonchev–Trinajstić information content (AvgIpc) is 3.06. The summed E-state index contributed by atoms with van der Waals surface area (Å²) in [7, 11) is 0. The summed E-state index contributed by atoms with van der Waals surface area (Å²) in [6.07, 6.45) is 6.74. The summed E-state index contributed by atoms with van der Waals surface area (Å²) in [4.78, 5) is 12.0. The van der Waals surface area contributed by atoms with Gasteiger partial charge in [-0.05, 0) is 50.2 Å². The maximum Gasteiger partial charge on any atom is 0.126 e. The van der Waals surface area contributed by atoms with E-state index in [9.17, 15) is 0 Å². The quantitative estimate of drug-likeness (QED) is 0.856. The van der Waals surface area contributed by atoms with E-state index in [1.165, 1.54) is 18.7 Å². The molecule has 1 aliphatic heterocycles. The van der Waals surface area contributed by atoms with Gasteiger partial charge in [-0.15, -0.1) is 0 Å². The summed E-state index contributed by atoms with van der Waals surface area (Å²) < 4.78 is 8.12. The minimum Gasteiger partial charge on any atom is -0.383 e. The Hall–Kier alpha value is -1.92. The van der Waals surface area contributed by atoms with Crippen molar-refractivity contribution in [1.82, 2.24) is 19.4 Å². The van der Waals surface area contributed by atoms with Gasteiger partial charge in [0.15, 0.2) is 0 Å². The fraction of sp³-hybridized carbons (Fsp3) is 0.652. The number of aryl methyl sites for hydroxylation is 1. The van der Waals surface area contributed by atoms with Gasteiger partial charge in [0, 0.05) is 48.5 Å². The SMILES string of the molecule is Cc1cc(-c2cn([C@H]3[C@@H]4CC(N5CCOC[C@@H]5C)C[C@@H]43)c(C(C)C)n2)cnc1N. The molecule has 5 atom stereocenters. The molecule has 2 aromatic rings. The largest absolute Gasteiger partial charge is 0.383 e. The predicted molar refractivity (Wildman–Crippen MR) is 115 cm³/mol. The van der Waals surface area contributed by atoms with Crippen LogP contribution in [-0.4, -0.2) is 51.3 Å². The number of nitrogens with two attached hydrogens (primary N) is 1. The van der Waals surface area contributed by atoms with Gasteiger partial charge in [-0.1, -0.05) is 13.8 Å². The molecular weight excluding hydrogens is 362 g/mol. The molecule has 3 fully saturated rings. The summed E-state index contributed by atoms with van der Waals surface area (Å²) in [5.41, 5.74) is 8.99. The third-order valence-corrected chi connectivity index (χ3v) is 7.28. The van der Waals surface area contributed by atoms with Gasteiger partial charge in [-0.3, -0.25) is 4.90 Å². The van der Waals surface area contributed by atoms with E-state index in [0.717, 1.165) is 54.5 Å². The van der Waals surface area contributed by atoms with E-state index in [1.54, 1.807) is 0 Å².